The molecule has 0 radical (unpaired) electrons. The first-order chi connectivity index (χ1) is 10.1. The van der Waals surface area contributed by atoms with E-state index in [0.717, 1.165) is 35.7 Å². The van der Waals surface area contributed by atoms with Crippen LogP contribution in [0.1, 0.15) is 16.8 Å². The first kappa shape index (κ1) is 14.6. The molecule has 1 heterocycles. The Hall–Kier alpha value is -2.82. The van der Waals surface area contributed by atoms with Gasteiger partial charge in [-0.3, -0.25) is 4.98 Å². The Labute approximate surface area is 122 Å². The minimum Gasteiger partial charge on any atom is -0.502 e. The zero-order valence-corrected chi connectivity index (χ0v) is 11.4. The highest BCUT2D eigenvalue weighted by atomic mass is 16.4. The summed E-state index contributed by atoms with van der Waals surface area (Å²) >= 11 is 0. The first-order valence-corrected chi connectivity index (χ1v) is 6.48. The lowest BCUT2D eigenvalue weighted by Gasteiger charge is -2.05. The number of hydrogen-bond donors (Lipinski definition) is 3. The fraction of sp³-hybridized carbons (Fsp3) is 0.125. The molecule has 0 bridgehead atoms. The van der Waals surface area contributed by atoms with E-state index in [2.05, 4.69) is 4.98 Å². The largest absolute Gasteiger partial charge is 0.502 e. The van der Waals surface area contributed by atoms with E-state index < -0.39 is 11.7 Å². The monoisotopic (exact) mass is 284 g/mol. The van der Waals surface area contributed by atoms with E-state index >= 15 is 0 Å². The third-order valence-electron chi connectivity index (χ3n) is 3.09. The summed E-state index contributed by atoms with van der Waals surface area (Å²) in [6.45, 7) is 0. The van der Waals surface area contributed by atoms with Gasteiger partial charge in [-0.1, -0.05) is 24.3 Å². The Kier molecular flexibility index (Phi) is 4.56. The Morgan fingerprint density at radius 1 is 1.14 bits per heavy atom. The minimum absolute atomic E-state index is 0.401. The van der Waals surface area contributed by atoms with Crippen molar-refractivity contribution in [3.05, 3.63) is 65.2 Å². The fourth-order valence-corrected chi connectivity index (χ4v) is 1.91. The summed E-state index contributed by atoms with van der Waals surface area (Å²) in [5, 5.41) is 17.7. The van der Waals surface area contributed by atoms with Gasteiger partial charge in [0.05, 0.1) is 5.69 Å². The van der Waals surface area contributed by atoms with Crippen LogP contribution in [-0.4, -0.2) is 21.2 Å². The summed E-state index contributed by atoms with van der Waals surface area (Å²) in [6, 6.07) is 11.2. The first-order valence-electron chi connectivity index (χ1n) is 6.48. The number of aromatic nitrogens is 1. The van der Waals surface area contributed by atoms with E-state index in [0.29, 0.717) is 5.69 Å². The molecule has 0 aliphatic heterocycles. The van der Waals surface area contributed by atoms with Gasteiger partial charge < -0.3 is 15.9 Å². The standard InChI is InChI=1S/C16H16N2O3/c17-14-4-2-1-3-12(14)7-5-11-6-8-13(18-10-11)9-15(19)16(20)21/h1-4,6,8-10,19H,5,7,17H2,(H,20,21)/b15-9-. The number of rotatable bonds is 5. The van der Waals surface area contributed by atoms with Crippen molar-refractivity contribution < 1.29 is 15.0 Å². The number of nitrogens with two attached hydrogens (primary N) is 1. The second-order valence-electron chi connectivity index (χ2n) is 4.62. The predicted octanol–water partition coefficient (Wildman–Crippen LogP) is 2.43. The van der Waals surface area contributed by atoms with Crippen LogP contribution in [0.2, 0.25) is 0 Å². The van der Waals surface area contributed by atoms with Crippen molar-refractivity contribution in [2.45, 2.75) is 12.8 Å². The molecule has 1 aromatic carbocycles. The normalized spacial score (nSPS) is 11.3. The summed E-state index contributed by atoms with van der Waals surface area (Å²) < 4.78 is 0. The smallest absolute Gasteiger partial charge is 0.371 e. The van der Waals surface area contributed by atoms with E-state index in [1.54, 1.807) is 12.3 Å². The fourth-order valence-electron chi connectivity index (χ4n) is 1.91. The van der Waals surface area contributed by atoms with Crippen molar-refractivity contribution >= 4 is 17.7 Å². The van der Waals surface area contributed by atoms with Gasteiger partial charge in [-0.05, 0) is 36.1 Å². The van der Waals surface area contributed by atoms with Crippen LogP contribution < -0.4 is 5.73 Å². The molecule has 2 rings (SSSR count). The van der Waals surface area contributed by atoms with Crippen molar-refractivity contribution in [2.75, 3.05) is 5.73 Å². The average Bonchev–Trinajstić information content (AvgIpc) is 2.48. The molecule has 0 aliphatic carbocycles. The van der Waals surface area contributed by atoms with Crippen LogP contribution in [0.25, 0.3) is 6.08 Å². The molecule has 4 N–H and O–H groups in total. The third kappa shape index (κ3) is 4.07. The summed E-state index contributed by atoms with van der Waals surface area (Å²) in [4.78, 5) is 14.6. The predicted molar refractivity (Wildman–Crippen MR) is 80.7 cm³/mol. The van der Waals surface area contributed by atoms with Gasteiger partial charge in [-0.25, -0.2) is 4.79 Å². The molecule has 0 amide bonds. The number of benzene rings is 1. The molecular formula is C16H16N2O3. The molecule has 2 aromatic rings. The second-order valence-corrected chi connectivity index (χ2v) is 4.62. The van der Waals surface area contributed by atoms with Crippen molar-refractivity contribution in [1.82, 2.24) is 4.98 Å². The molecule has 0 unspecified atom stereocenters. The molecule has 0 fully saturated rings. The van der Waals surface area contributed by atoms with Crippen LogP contribution >= 0.6 is 0 Å². The van der Waals surface area contributed by atoms with Crippen LogP contribution in [-0.2, 0) is 17.6 Å². The molecule has 108 valence electrons. The maximum absolute atomic E-state index is 10.5. The number of aliphatic carboxylic acids is 1. The molecular weight excluding hydrogens is 268 g/mol. The molecule has 0 aliphatic rings. The lowest BCUT2D eigenvalue weighted by Crippen LogP contribution is -1.99. The van der Waals surface area contributed by atoms with Gasteiger partial charge in [0.2, 0.25) is 5.76 Å². The highest BCUT2D eigenvalue weighted by molar-refractivity contribution is 5.88. The van der Waals surface area contributed by atoms with Crippen molar-refractivity contribution in [3.8, 4) is 0 Å². The van der Waals surface area contributed by atoms with Crippen LogP contribution in [0, 0.1) is 0 Å². The van der Waals surface area contributed by atoms with Gasteiger partial charge in [0.15, 0.2) is 0 Å². The minimum atomic E-state index is -1.37. The van der Waals surface area contributed by atoms with Gasteiger partial charge in [0, 0.05) is 18.0 Å². The molecule has 0 atom stereocenters. The topological polar surface area (TPSA) is 96.4 Å². The number of anilines is 1. The molecule has 5 heteroatoms. The molecule has 0 spiro atoms. The van der Waals surface area contributed by atoms with E-state index in [-0.39, 0.29) is 0 Å². The zero-order valence-electron chi connectivity index (χ0n) is 11.4. The number of hydrogen-bond acceptors (Lipinski definition) is 4. The number of para-hydroxylation sites is 1. The van der Waals surface area contributed by atoms with Crippen molar-refractivity contribution in [3.63, 3.8) is 0 Å². The van der Waals surface area contributed by atoms with Crippen molar-refractivity contribution in [2.24, 2.45) is 0 Å². The van der Waals surface area contributed by atoms with Gasteiger partial charge >= 0.3 is 5.97 Å². The van der Waals surface area contributed by atoms with Gasteiger partial charge in [0.25, 0.3) is 0 Å². The molecule has 21 heavy (non-hydrogen) atoms. The van der Waals surface area contributed by atoms with Gasteiger partial charge in [0.1, 0.15) is 0 Å². The van der Waals surface area contributed by atoms with Crippen LogP contribution in [0.4, 0.5) is 5.69 Å². The maximum atomic E-state index is 10.5. The number of nitrogens with zero attached hydrogens (tertiary/aromatic N) is 1. The summed E-state index contributed by atoms with van der Waals surface area (Å²) in [6.07, 6.45) is 4.38. The van der Waals surface area contributed by atoms with E-state index in [1.807, 2.05) is 30.3 Å². The lowest BCUT2D eigenvalue weighted by molar-refractivity contribution is -0.135. The van der Waals surface area contributed by atoms with Crippen LogP contribution in [0.3, 0.4) is 0 Å². The number of aliphatic hydroxyl groups excluding tert-OH is 1. The number of pyridine rings is 1. The second kappa shape index (κ2) is 6.56. The molecule has 0 saturated heterocycles. The third-order valence-corrected chi connectivity index (χ3v) is 3.09. The SMILES string of the molecule is Nc1ccccc1CCc1ccc(/C=C(\O)C(=O)O)nc1. The quantitative estimate of drug-likeness (QED) is 0.445. The number of carboxylic acid groups (broad SMARTS) is 1. The van der Waals surface area contributed by atoms with Crippen LogP contribution in [0.15, 0.2) is 48.4 Å². The Bertz CT molecular complexity index is 663. The Balaban J connectivity index is 2.02. The Morgan fingerprint density at radius 3 is 2.52 bits per heavy atom. The number of aliphatic hydroxyl groups is 1. The zero-order chi connectivity index (χ0) is 15.2. The highest BCUT2D eigenvalue weighted by Gasteiger charge is 2.04. The average molecular weight is 284 g/mol. The number of nitrogen functional groups attached to an aromatic ring is 1. The summed E-state index contributed by atoms with van der Waals surface area (Å²) in [5.74, 6) is -2.10. The van der Waals surface area contributed by atoms with Gasteiger partial charge in [-0.15, -0.1) is 0 Å². The summed E-state index contributed by atoms with van der Waals surface area (Å²) in [5.41, 5.74) is 9.17. The number of carbonyl (C=O) groups is 1. The maximum Gasteiger partial charge on any atom is 0.371 e. The number of aryl methyl sites for hydroxylation is 2. The Morgan fingerprint density at radius 2 is 1.90 bits per heavy atom. The number of carboxylic acids is 1. The highest BCUT2D eigenvalue weighted by Crippen LogP contribution is 2.14. The van der Waals surface area contributed by atoms with E-state index in [9.17, 15) is 4.79 Å². The molecule has 0 saturated carbocycles. The summed E-state index contributed by atoms with van der Waals surface area (Å²) in [7, 11) is 0. The van der Waals surface area contributed by atoms with Crippen molar-refractivity contribution in [1.29, 1.82) is 0 Å². The molecule has 1 aromatic heterocycles. The van der Waals surface area contributed by atoms with Gasteiger partial charge in [-0.2, -0.15) is 0 Å². The van der Waals surface area contributed by atoms with E-state index in [1.165, 1.54) is 0 Å². The van der Waals surface area contributed by atoms with E-state index in [4.69, 9.17) is 15.9 Å². The molecule has 5 nitrogen and oxygen atoms in total. The van der Waals surface area contributed by atoms with Crippen LogP contribution in [0.5, 0.6) is 0 Å². The lowest BCUT2D eigenvalue weighted by atomic mass is 10.0.